The Hall–Kier alpha value is 0.700. The van der Waals surface area contributed by atoms with Crippen molar-refractivity contribution in [3.63, 3.8) is 0 Å². The van der Waals surface area contributed by atoms with Crippen molar-refractivity contribution in [2.75, 3.05) is 23.0 Å². The van der Waals surface area contributed by atoms with Crippen LogP contribution in [0.2, 0.25) is 0 Å². The third kappa shape index (κ3) is 11.8. The third-order valence-electron chi connectivity index (χ3n) is 3.65. The zero-order valence-electron chi connectivity index (χ0n) is 12.1. The molecule has 0 aromatic rings. The van der Waals surface area contributed by atoms with Crippen molar-refractivity contribution in [2.45, 2.75) is 77.0 Å². The van der Waals surface area contributed by atoms with E-state index in [-0.39, 0.29) is 0 Å². The zero-order valence-corrected chi connectivity index (χ0v) is 13.8. The highest BCUT2D eigenvalue weighted by atomic mass is 32.2. The largest absolute Gasteiger partial charge is 0.162 e. The average Bonchev–Trinajstić information content (AvgIpc) is 2.39. The zero-order chi connectivity index (χ0) is 12.7. The average molecular weight is 289 g/mol. The minimum absolute atomic E-state index is 1.41. The molecule has 0 saturated carbocycles. The maximum absolute atomic E-state index is 2.19. The van der Waals surface area contributed by atoms with Crippen LogP contribution in [-0.2, 0) is 0 Å². The van der Waals surface area contributed by atoms with Gasteiger partial charge in [0.2, 0.25) is 0 Å². The monoisotopic (exact) mass is 288 g/mol. The predicted molar refractivity (Wildman–Crippen MR) is 90.1 cm³/mol. The first kappa shape index (κ1) is 16.8. The molecule has 1 aliphatic heterocycles. The maximum atomic E-state index is 2.19. The first-order chi connectivity index (χ1) is 9.00. The lowest BCUT2D eigenvalue weighted by molar-refractivity contribution is 0.574. The minimum Gasteiger partial charge on any atom is -0.162 e. The van der Waals surface area contributed by atoms with Crippen LogP contribution < -0.4 is 0 Å². The Morgan fingerprint density at radius 3 is 0.833 bits per heavy atom. The van der Waals surface area contributed by atoms with Gasteiger partial charge in [0.15, 0.2) is 0 Å². The van der Waals surface area contributed by atoms with Gasteiger partial charge in [0.25, 0.3) is 0 Å². The predicted octanol–water partition coefficient (Wildman–Crippen LogP) is 6.15. The molecule has 108 valence electrons. The summed E-state index contributed by atoms with van der Waals surface area (Å²) in [6.45, 7) is 0. The van der Waals surface area contributed by atoms with Gasteiger partial charge in [-0.15, -0.1) is 0 Å². The molecule has 1 heterocycles. The molecule has 0 atom stereocenters. The van der Waals surface area contributed by atoms with Crippen LogP contribution in [0.25, 0.3) is 0 Å². The van der Waals surface area contributed by atoms with E-state index < -0.39 is 0 Å². The summed E-state index contributed by atoms with van der Waals surface area (Å²) in [5, 5.41) is 0. The van der Waals surface area contributed by atoms with Gasteiger partial charge in [-0.3, -0.25) is 0 Å². The maximum Gasteiger partial charge on any atom is -0.00675 e. The molecule has 0 bridgehead atoms. The molecule has 0 aliphatic carbocycles. The fraction of sp³-hybridized carbons (Fsp3) is 1.00. The molecule has 0 radical (unpaired) electrons. The molecule has 0 N–H and O–H groups in total. The Morgan fingerprint density at radius 2 is 0.500 bits per heavy atom. The lowest BCUT2D eigenvalue weighted by Crippen LogP contribution is -1.90. The highest BCUT2D eigenvalue weighted by Gasteiger charge is 1.96. The summed E-state index contributed by atoms with van der Waals surface area (Å²) in [7, 11) is 0. The van der Waals surface area contributed by atoms with Crippen LogP contribution in [0.1, 0.15) is 77.0 Å². The van der Waals surface area contributed by atoms with Gasteiger partial charge >= 0.3 is 0 Å². The van der Waals surface area contributed by atoms with Gasteiger partial charge in [-0.25, -0.2) is 0 Å². The van der Waals surface area contributed by atoms with E-state index in [0.29, 0.717) is 0 Å². The second-order valence-electron chi connectivity index (χ2n) is 5.47. The Morgan fingerprint density at radius 1 is 0.278 bits per heavy atom. The fourth-order valence-corrected chi connectivity index (χ4v) is 4.48. The molecule has 18 heavy (non-hydrogen) atoms. The Labute approximate surface area is 123 Å². The lowest BCUT2D eigenvalue weighted by atomic mass is 10.1. The van der Waals surface area contributed by atoms with Crippen molar-refractivity contribution in [2.24, 2.45) is 0 Å². The quantitative estimate of drug-likeness (QED) is 0.524. The van der Waals surface area contributed by atoms with Gasteiger partial charge in [-0.05, 0) is 48.7 Å². The minimum atomic E-state index is 1.41. The number of hydrogen-bond acceptors (Lipinski definition) is 2. The molecular weight excluding hydrogens is 256 g/mol. The molecule has 1 fully saturated rings. The van der Waals surface area contributed by atoms with Crippen LogP contribution in [0, 0.1) is 0 Å². The number of rotatable bonds is 0. The Bertz CT molecular complexity index is 84.1. The normalized spacial score (nSPS) is 24.0. The Balaban J connectivity index is 2.00. The summed E-state index contributed by atoms with van der Waals surface area (Å²) in [6, 6.07) is 0. The van der Waals surface area contributed by atoms with Crippen molar-refractivity contribution in [1.29, 1.82) is 0 Å². The first-order valence-electron chi connectivity index (χ1n) is 8.15. The molecular formula is C16H32S2. The molecule has 1 aliphatic rings. The van der Waals surface area contributed by atoms with Crippen LogP contribution in [0.5, 0.6) is 0 Å². The second-order valence-corrected chi connectivity index (χ2v) is 7.92. The topological polar surface area (TPSA) is 0 Å². The van der Waals surface area contributed by atoms with Gasteiger partial charge in [0.1, 0.15) is 0 Å². The van der Waals surface area contributed by atoms with Gasteiger partial charge in [-0.2, -0.15) is 23.5 Å². The van der Waals surface area contributed by atoms with E-state index in [2.05, 4.69) is 23.5 Å². The SMILES string of the molecule is C1CCCCCSCCCCCSCCCCC1. The summed E-state index contributed by atoms with van der Waals surface area (Å²) < 4.78 is 0. The first-order valence-corrected chi connectivity index (χ1v) is 10.5. The van der Waals surface area contributed by atoms with Crippen molar-refractivity contribution >= 4 is 23.5 Å². The summed E-state index contributed by atoms with van der Waals surface area (Å²) in [6.07, 6.45) is 17.6. The molecule has 0 unspecified atom stereocenters. The van der Waals surface area contributed by atoms with E-state index in [1.165, 1.54) is 100 Å². The van der Waals surface area contributed by atoms with Crippen molar-refractivity contribution < 1.29 is 0 Å². The van der Waals surface area contributed by atoms with Crippen molar-refractivity contribution in [3.05, 3.63) is 0 Å². The van der Waals surface area contributed by atoms with E-state index >= 15 is 0 Å². The molecule has 2 heteroatoms. The molecule has 0 nitrogen and oxygen atoms in total. The van der Waals surface area contributed by atoms with Gasteiger partial charge in [0, 0.05) is 0 Å². The van der Waals surface area contributed by atoms with E-state index in [9.17, 15) is 0 Å². The van der Waals surface area contributed by atoms with E-state index in [4.69, 9.17) is 0 Å². The number of hydrogen-bond donors (Lipinski definition) is 0. The van der Waals surface area contributed by atoms with Crippen molar-refractivity contribution in [1.82, 2.24) is 0 Å². The van der Waals surface area contributed by atoms with Crippen LogP contribution in [-0.4, -0.2) is 23.0 Å². The summed E-state index contributed by atoms with van der Waals surface area (Å²) in [4.78, 5) is 0. The second kappa shape index (κ2) is 14.1. The van der Waals surface area contributed by atoms with E-state index in [1.807, 2.05) is 0 Å². The van der Waals surface area contributed by atoms with Gasteiger partial charge in [-0.1, -0.05) is 51.4 Å². The molecule has 1 saturated heterocycles. The van der Waals surface area contributed by atoms with Gasteiger partial charge in [0.05, 0.1) is 0 Å². The summed E-state index contributed by atoms with van der Waals surface area (Å²) >= 11 is 4.38. The lowest BCUT2D eigenvalue weighted by Gasteiger charge is -2.05. The molecule has 1 rings (SSSR count). The van der Waals surface area contributed by atoms with Gasteiger partial charge < -0.3 is 0 Å². The highest BCUT2D eigenvalue weighted by molar-refractivity contribution is 7.99. The highest BCUT2D eigenvalue weighted by Crippen LogP contribution is 2.16. The van der Waals surface area contributed by atoms with Crippen LogP contribution >= 0.6 is 23.5 Å². The van der Waals surface area contributed by atoms with Crippen LogP contribution in [0.4, 0.5) is 0 Å². The summed E-state index contributed by atoms with van der Waals surface area (Å²) in [5.74, 6) is 5.64. The molecule has 0 amide bonds. The Kier molecular flexibility index (Phi) is 13.1. The smallest absolute Gasteiger partial charge is 0.00675 e. The third-order valence-corrected chi connectivity index (χ3v) is 5.96. The molecule has 0 aromatic heterocycles. The standard InChI is InChI=1S/C16H32S2/c1-2-4-6-9-13-17-15-11-8-12-16-18-14-10-7-5-3-1/h1-16H2. The number of thioether (sulfide) groups is 2. The van der Waals surface area contributed by atoms with Crippen LogP contribution in [0.3, 0.4) is 0 Å². The van der Waals surface area contributed by atoms with E-state index in [1.54, 1.807) is 0 Å². The molecule has 0 spiro atoms. The summed E-state index contributed by atoms with van der Waals surface area (Å²) in [5.41, 5.74) is 0. The van der Waals surface area contributed by atoms with Crippen molar-refractivity contribution in [3.8, 4) is 0 Å². The molecule has 0 aromatic carbocycles. The fourth-order valence-electron chi connectivity index (χ4n) is 2.43. The van der Waals surface area contributed by atoms with E-state index in [0.717, 1.165) is 0 Å². The van der Waals surface area contributed by atoms with Crippen LogP contribution in [0.15, 0.2) is 0 Å².